The number of aliphatic hydroxyl groups is 1. The van der Waals surface area contributed by atoms with E-state index in [-0.39, 0.29) is 12.7 Å². The van der Waals surface area contributed by atoms with E-state index in [4.69, 9.17) is 9.84 Å². The van der Waals surface area contributed by atoms with Crippen LogP contribution < -0.4 is 4.74 Å². The monoisotopic (exact) mass is 213 g/mol. The maximum absolute atomic E-state index is 8.71. The van der Waals surface area contributed by atoms with Crippen molar-refractivity contribution < 1.29 is 9.84 Å². The van der Waals surface area contributed by atoms with Gasteiger partial charge in [0.05, 0.1) is 12.7 Å². The molecule has 0 saturated carbocycles. The molecule has 1 rings (SSSR count). The SMILES string of the molecule is CC(C)Oc1cccnc1SCCO. The molecule has 0 aliphatic heterocycles. The fourth-order valence-corrected chi connectivity index (χ4v) is 1.65. The molecule has 3 nitrogen and oxygen atoms in total. The fraction of sp³-hybridized carbons (Fsp3) is 0.500. The summed E-state index contributed by atoms with van der Waals surface area (Å²) in [5, 5.41) is 9.55. The van der Waals surface area contributed by atoms with Gasteiger partial charge in [-0.3, -0.25) is 0 Å². The van der Waals surface area contributed by atoms with Crippen molar-refractivity contribution in [3.05, 3.63) is 18.3 Å². The third kappa shape index (κ3) is 3.55. The van der Waals surface area contributed by atoms with Gasteiger partial charge < -0.3 is 9.84 Å². The Balaban J connectivity index is 2.69. The van der Waals surface area contributed by atoms with E-state index in [1.54, 1.807) is 6.20 Å². The number of hydrogen-bond donors (Lipinski definition) is 1. The molecular weight excluding hydrogens is 198 g/mol. The number of aromatic nitrogens is 1. The van der Waals surface area contributed by atoms with Crippen LogP contribution in [0.4, 0.5) is 0 Å². The first-order valence-electron chi connectivity index (χ1n) is 4.59. The summed E-state index contributed by atoms with van der Waals surface area (Å²) in [6, 6.07) is 3.74. The van der Waals surface area contributed by atoms with Crippen molar-refractivity contribution in [3.63, 3.8) is 0 Å². The molecule has 4 heteroatoms. The molecule has 14 heavy (non-hydrogen) atoms. The average Bonchev–Trinajstić information content (AvgIpc) is 2.16. The Hall–Kier alpha value is -0.740. The minimum Gasteiger partial charge on any atom is -0.488 e. The molecule has 0 atom stereocenters. The Morgan fingerprint density at radius 2 is 2.36 bits per heavy atom. The smallest absolute Gasteiger partial charge is 0.151 e. The Morgan fingerprint density at radius 1 is 1.57 bits per heavy atom. The van der Waals surface area contributed by atoms with Gasteiger partial charge in [-0.1, -0.05) is 0 Å². The second-order valence-electron chi connectivity index (χ2n) is 3.05. The first-order valence-corrected chi connectivity index (χ1v) is 5.58. The number of hydrogen-bond acceptors (Lipinski definition) is 4. The zero-order valence-corrected chi connectivity index (χ0v) is 9.25. The highest BCUT2D eigenvalue weighted by atomic mass is 32.2. The average molecular weight is 213 g/mol. The number of rotatable bonds is 5. The number of pyridine rings is 1. The van der Waals surface area contributed by atoms with E-state index in [2.05, 4.69) is 4.98 Å². The molecule has 1 N–H and O–H groups in total. The minimum atomic E-state index is 0.146. The summed E-state index contributed by atoms with van der Waals surface area (Å²) in [4.78, 5) is 4.20. The molecule has 0 unspecified atom stereocenters. The van der Waals surface area contributed by atoms with Gasteiger partial charge in [0.1, 0.15) is 5.03 Å². The normalized spacial score (nSPS) is 10.6. The van der Waals surface area contributed by atoms with Gasteiger partial charge in [-0.2, -0.15) is 0 Å². The zero-order valence-electron chi connectivity index (χ0n) is 8.43. The van der Waals surface area contributed by atoms with Crippen LogP contribution >= 0.6 is 11.8 Å². The summed E-state index contributed by atoms with van der Waals surface area (Å²) in [5.74, 6) is 1.44. The number of ether oxygens (including phenoxy) is 1. The van der Waals surface area contributed by atoms with Crippen LogP contribution in [0.2, 0.25) is 0 Å². The zero-order chi connectivity index (χ0) is 10.4. The number of aliphatic hydroxyl groups excluding tert-OH is 1. The molecule has 0 bridgehead atoms. The lowest BCUT2D eigenvalue weighted by molar-refractivity contribution is 0.234. The predicted octanol–water partition coefficient (Wildman–Crippen LogP) is 1.95. The van der Waals surface area contributed by atoms with E-state index < -0.39 is 0 Å². The van der Waals surface area contributed by atoms with Crippen molar-refractivity contribution in [2.24, 2.45) is 0 Å². The van der Waals surface area contributed by atoms with Gasteiger partial charge in [-0.25, -0.2) is 4.98 Å². The molecule has 0 amide bonds. The quantitative estimate of drug-likeness (QED) is 0.759. The maximum Gasteiger partial charge on any atom is 0.151 e. The molecule has 1 aromatic heterocycles. The Kier molecular flexibility index (Phi) is 4.76. The Bertz CT molecular complexity index is 279. The third-order valence-electron chi connectivity index (χ3n) is 1.43. The van der Waals surface area contributed by atoms with Crippen LogP contribution in [-0.4, -0.2) is 28.6 Å². The summed E-state index contributed by atoms with van der Waals surface area (Å²) in [6.07, 6.45) is 1.88. The van der Waals surface area contributed by atoms with Crippen LogP contribution in [0.15, 0.2) is 23.4 Å². The molecule has 0 saturated heterocycles. The summed E-state index contributed by atoms with van der Waals surface area (Å²) in [7, 11) is 0. The van der Waals surface area contributed by atoms with Crippen LogP contribution in [0.25, 0.3) is 0 Å². The van der Waals surface area contributed by atoms with Gasteiger partial charge in [0.25, 0.3) is 0 Å². The Morgan fingerprint density at radius 3 is 3.00 bits per heavy atom. The van der Waals surface area contributed by atoms with Crippen molar-refractivity contribution in [1.82, 2.24) is 4.98 Å². The lowest BCUT2D eigenvalue weighted by atomic mass is 10.4. The van der Waals surface area contributed by atoms with Gasteiger partial charge in [0.2, 0.25) is 0 Å². The summed E-state index contributed by atoms with van der Waals surface area (Å²) >= 11 is 1.50. The minimum absolute atomic E-state index is 0.146. The molecule has 78 valence electrons. The summed E-state index contributed by atoms with van der Waals surface area (Å²) in [5.41, 5.74) is 0. The molecule has 1 aromatic rings. The molecule has 0 aromatic carbocycles. The van der Waals surface area contributed by atoms with Gasteiger partial charge >= 0.3 is 0 Å². The maximum atomic E-state index is 8.71. The van der Waals surface area contributed by atoms with Crippen molar-refractivity contribution >= 4 is 11.8 Å². The third-order valence-corrected chi connectivity index (χ3v) is 2.40. The van der Waals surface area contributed by atoms with Gasteiger partial charge in [0.15, 0.2) is 5.75 Å². The van der Waals surface area contributed by atoms with Crippen LogP contribution in [0.1, 0.15) is 13.8 Å². The van der Waals surface area contributed by atoms with Crippen molar-refractivity contribution in [2.75, 3.05) is 12.4 Å². The first-order chi connectivity index (χ1) is 6.74. The molecular formula is C10H15NO2S. The van der Waals surface area contributed by atoms with E-state index >= 15 is 0 Å². The largest absolute Gasteiger partial charge is 0.488 e. The van der Waals surface area contributed by atoms with E-state index in [1.807, 2.05) is 26.0 Å². The van der Waals surface area contributed by atoms with E-state index in [0.717, 1.165) is 10.8 Å². The van der Waals surface area contributed by atoms with Crippen molar-refractivity contribution in [2.45, 2.75) is 25.0 Å². The predicted molar refractivity (Wildman–Crippen MR) is 57.8 cm³/mol. The van der Waals surface area contributed by atoms with Crippen molar-refractivity contribution in [3.8, 4) is 5.75 Å². The van der Waals surface area contributed by atoms with Gasteiger partial charge in [-0.15, -0.1) is 11.8 Å². The molecule has 1 heterocycles. The number of thioether (sulfide) groups is 1. The molecule has 0 aliphatic carbocycles. The second-order valence-corrected chi connectivity index (χ2v) is 4.13. The molecule has 0 spiro atoms. The van der Waals surface area contributed by atoms with Crippen LogP contribution in [0, 0.1) is 0 Å². The molecule has 0 aliphatic rings. The molecule has 0 radical (unpaired) electrons. The molecule has 0 fully saturated rings. The van der Waals surface area contributed by atoms with E-state index in [1.165, 1.54) is 11.8 Å². The van der Waals surface area contributed by atoms with E-state index in [0.29, 0.717) is 5.75 Å². The van der Waals surface area contributed by atoms with Crippen LogP contribution in [0.5, 0.6) is 5.75 Å². The lowest BCUT2D eigenvalue weighted by Crippen LogP contribution is -2.07. The summed E-state index contributed by atoms with van der Waals surface area (Å²) < 4.78 is 5.58. The topological polar surface area (TPSA) is 42.4 Å². The Labute approximate surface area is 88.5 Å². The highest BCUT2D eigenvalue weighted by Gasteiger charge is 2.06. The summed E-state index contributed by atoms with van der Waals surface area (Å²) in [6.45, 7) is 4.11. The van der Waals surface area contributed by atoms with Gasteiger partial charge in [0, 0.05) is 11.9 Å². The highest BCUT2D eigenvalue weighted by molar-refractivity contribution is 7.99. The van der Waals surface area contributed by atoms with Crippen LogP contribution in [-0.2, 0) is 0 Å². The fourth-order valence-electron chi connectivity index (χ4n) is 0.970. The lowest BCUT2D eigenvalue weighted by Gasteiger charge is -2.12. The van der Waals surface area contributed by atoms with Crippen LogP contribution in [0.3, 0.4) is 0 Å². The van der Waals surface area contributed by atoms with E-state index in [9.17, 15) is 0 Å². The number of nitrogens with zero attached hydrogens (tertiary/aromatic N) is 1. The first kappa shape index (κ1) is 11.3. The second kappa shape index (κ2) is 5.88. The van der Waals surface area contributed by atoms with Gasteiger partial charge in [-0.05, 0) is 26.0 Å². The standard InChI is InChI=1S/C10H15NO2S/c1-8(2)13-9-4-3-5-11-10(9)14-7-6-12/h3-5,8,12H,6-7H2,1-2H3. The van der Waals surface area contributed by atoms with Crippen molar-refractivity contribution in [1.29, 1.82) is 0 Å². The highest BCUT2D eigenvalue weighted by Crippen LogP contribution is 2.26.